The first-order chi connectivity index (χ1) is 11.0. The van der Waals surface area contributed by atoms with Gasteiger partial charge in [-0.15, -0.1) is 0 Å². The second kappa shape index (κ2) is 6.72. The Labute approximate surface area is 138 Å². The number of hydrogen-bond donors (Lipinski definition) is 1. The molecule has 2 aliphatic rings. The van der Waals surface area contributed by atoms with Gasteiger partial charge in [0.25, 0.3) is 0 Å². The number of anilines is 1. The Morgan fingerprint density at radius 2 is 1.96 bits per heavy atom. The van der Waals surface area contributed by atoms with Gasteiger partial charge in [0.2, 0.25) is 0 Å². The van der Waals surface area contributed by atoms with E-state index in [2.05, 4.69) is 15.3 Å². The van der Waals surface area contributed by atoms with Crippen molar-refractivity contribution in [1.82, 2.24) is 20.2 Å². The third kappa shape index (κ3) is 3.57. The first kappa shape index (κ1) is 16.0. The highest BCUT2D eigenvalue weighted by Gasteiger charge is 2.27. The topological polar surface area (TPSA) is 61.4 Å². The molecule has 1 aliphatic heterocycles. The summed E-state index contributed by atoms with van der Waals surface area (Å²) in [5, 5.41) is 3.21. The molecule has 1 aromatic heterocycles. The highest BCUT2D eigenvalue weighted by Crippen LogP contribution is 2.26. The third-order valence-electron chi connectivity index (χ3n) is 4.79. The molecule has 126 valence electrons. The van der Waals surface area contributed by atoms with E-state index in [1.165, 1.54) is 19.3 Å². The normalized spacial score (nSPS) is 18.5. The molecule has 1 saturated carbocycles. The molecule has 1 aliphatic carbocycles. The molecular weight excluding hydrogens is 290 g/mol. The molecule has 1 N–H and O–H groups in total. The van der Waals surface area contributed by atoms with Gasteiger partial charge in [0.15, 0.2) is 0 Å². The fourth-order valence-electron chi connectivity index (χ4n) is 3.57. The number of aryl methyl sites for hydroxylation is 1. The number of rotatable bonds is 2. The van der Waals surface area contributed by atoms with Gasteiger partial charge in [-0.25, -0.2) is 14.8 Å². The van der Waals surface area contributed by atoms with Crippen molar-refractivity contribution in [2.75, 3.05) is 25.5 Å². The average Bonchev–Trinajstić information content (AvgIpc) is 2.54. The molecule has 0 aromatic carbocycles. The van der Waals surface area contributed by atoms with Crippen LogP contribution in [0.1, 0.15) is 49.2 Å². The highest BCUT2D eigenvalue weighted by molar-refractivity contribution is 5.75. The third-order valence-corrected chi connectivity index (χ3v) is 4.79. The second-order valence-electron chi connectivity index (χ2n) is 6.87. The van der Waals surface area contributed by atoms with Gasteiger partial charge in [-0.05, 0) is 19.8 Å². The fraction of sp³-hybridized carbons (Fsp3) is 0.706. The number of aromatic nitrogens is 2. The summed E-state index contributed by atoms with van der Waals surface area (Å²) in [5.41, 5.74) is 2.17. The van der Waals surface area contributed by atoms with Gasteiger partial charge in [-0.3, -0.25) is 0 Å². The fourth-order valence-corrected chi connectivity index (χ4v) is 3.57. The molecule has 6 heteroatoms. The lowest BCUT2D eigenvalue weighted by Gasteiger charge is -2.33. The second-order valence-corrected chi connectivity index (χ2v) is 6.87. The van der Waals surface area contributed by atoms with Crippen molar-refractivity contribution < 1.29 is 4.79 Å². The number of carbonyl (C=O) groups excluding carboxylic acids is 1. The predicted molar refractivity (Wildman–Crippen MR) is 90.6 cm³/mol. The Kier molecular flexibility index (Phi) is 4.68. The molecule has 1 aromatic rings. The van der Waals surface area contributed by atoms with Gasteiger partial charge in [-0.1, -0.05) is 19.3 Å². The van der Waals surface area contributed by atoms with E-state index in [0.717, 1.165) is 48.7 Å². The molecular formula is C17H27N5O. The lowest BCUT2D eigenvalue weighted by Crippen LogP contribution is -2.47. The monoisotopic (exact) mass is 317 g/mol. The minimum Gasteiger partial charge on any atom is -0.362 e. The summed E-state index contributed by atoms with van der Waals surface area (Å²) in [5.74, 6) is 1.73. The summed E-state index contributed by atoms with van der Waals surface area (Å²) in [7, 11) is 3.98. The van der Waals surface area contributed by atoms with Crippen molar-refractivity contribution in [3.63, 3.8) is 0 Å². The molecule has 0 unspecified atom stereocenters. The maximum Gasteiger partial charge on any atom is 0.317 e. The largest absolute Gasteiger partial charge is 0.362 e. The maximum atomic E-state index is 12.6. The van der Waals surface area contributed by atoms with Crippen LogP contribution >= 0.6 is 0 Å². The molecule has 6 nitrogen and oxygen atoms in total. The van der Waals surface area contributed by atoms with E-state index in [4.69, 9.17) is 0 Å². The Morgan fingerprint density at radius 3 is 2.65 bits per heavy atom. The molecule has 0 spiro atoms. The molecule has 1 fully saturated rings. The van der Waals surface area contributed by atoms with Crippen molar-refractivity contribution >= 4 is 11.8 Å². The van der Waals surface area contributed by atoms with Crippen LogP contribution in [0.2, 0.25) is 0 Å². The van der Waals surface area contributed by atoms with Crippen molar-refractivity contribution in [1.29, 1.82) is 0 Å². The Bertz CT molecular complexity index is 581. The quantitative estimate of drug-likeness (QED) is 0.909. The molecule has 0 radical (unpaired) electrons. The van der Waals surface area contributed by atoms with Crippen molar-refractivity contribution in [3.8, 4) is 0 Å². The molecule has 3 rings (SSSR count). The Balaban J connectivity index is 1.72. The number of nitrogens with zero attached hydrogens (tertiary/aromatic N) is 4. The lowest BCUT2D eigenvalue weighted by molar-refractivity contribution is 0.184. The summed E-state index contributed by atoms with van der Waals surface area (Å²) >= 11 is 0. The van der Waals surface area contributed by atoms with Crippen molar-refractivity contribution in [3.05, 3.63) is 17.1 Å². The van der Waals surface area contributed by atoms with Gasteiger partial charge >= 0.3 is 6.03 Å². The summed E-state index contributed by atoms with van der Waals surface area (Å²) in [4.78, 5) is 25.6. The highest BCUT2D eigenvalue weighted by atomic mass is 16.2. The Morgan fingerprint density at radius 1 is 1.22 bits per heavy atom. The Hall–Kier alpha value is -1.85. The van der Waals surface area contributed by atoms with Crippen molar-refractivity contribution in [2.45, 2.75) is 58.0 Å². The van der Waals surface area contributed by atoms with E-state index >= 15 is 0 Å². The van der Waals surface area contributed by atoms with E-state index in [1.807, 2.05) is 30.8 Å². The number of nitrogens with one attached hydrogen (secondary N) is 1. The summed E-state index contributed by atoms with van der Waals surface area (Å²) in [6, 6.07) is 0.410. The molecule has 2 heterocycles. The first-order valence-electron chi connectivity index (χ1n) is 8.63. The standard InChI is InChI=1S/C17H27N5O/c1-12-18-15-9-10-22(11-14(15)16(19-12)21(2)3)17(23)20-13-7-5-4-6-8-13/h13H,4-11H2,1-3H3,(H,20,23). The van der Waals surface area contributed by atoms with Crippen LogP contribution in [0.5, 0.6) is 0 Å². The molecule has 0 atom stereocenters. The molecule has 2 amide bonds. The zero-order chi connectivity index (χ0) is 16.4. The summed E-state index contributed by atoms with van der Waals surface area (Å²) in [6.07, 6.45) is 6.78. The van der Waals surface area contributed by atoms with E-state index in [1.54, 1.807) is 0 Å². The van der Waals surface area contributed by atoms with Gasteiger partial charge in [0.1, 0.15) is 11.6 Å². The van der Waals surface area contributed by atoms with Gasteiger partial charge in [0.05, 0.1) is 12.2 Å². The van der Waals surface area contributed by atoms with E-state index in [9.17, 15) is 4.79 Å². The summed E-state index contributed by atoms with van der Waals surface area (Å²) < 4.78 is 0. The van der Waals surface area contributed by atoms with Crippen LogP contribution in [0.4, 0.5) is 10.6 Å². The first-order valence-corrected chi connectivity index (χ1v) is 8.63. The number of hydrogen-bond acceptors (Lipinski definition) is 4. The minimum absolute atomic E-state index is 0.0628. The van der Waals surface area contributed by atoms with E-state index < -0.39 is 0 Å². The van der Waals surface area contributed by atoms with Crippen LogP contribution in [0.3, 0.4) is 0 Å². The minimum atomic E-state index is 0.0628. The van der Waals surface area contributed by atoms with E-state index in [-0.39, 0.29) is 6.03 Å². The van der Waals surface area contributed by atoms with Crippen LogP contribution < -0.4 is 10.2 Å². The average molecular weight is 317 g/mol. The lowest BCUT2D eigenvalue weighted by atomic mass is 9.95. The van der Waals surface area contributed by atoms with E-state index in [0.29, 0.717) is 12.6 Å². The zero-order valence-corrected chi connectivity index (χ0v) is 14.4. The predicted octanol–water partition coefficient (Wildman–Crippen LogP) is 2.25. The maximum absolute atomic E-state index is 12.6. The SMILES string of the molecule is Cc1nc2c(c(N(C)C)n1)CN(C(=O)NC1CCCCC1)CC2. The zero-order valence-electron chi connectivity index (χ0n) is 14.4. The van der Waals surface area contributed by atoms with Crippen LogP contribution in [-0.2, 0) is 13.0 Å². The molecule has 0 bridgehead atoms. The number of fused-ring (bicyclic) bond motifs is 1. The smallest absolute Gasteiger partial charge is 0.317 e. The van der Waals surface area contributed by atoms with Gasteiger partial charge in [0, 0.05) is 38.7 Å². The van der Waals surface area contributed by atoms with Crippen molar-refractivity contribution in [2.24, 2.45) is 0 Å². The number of urea groups is 1. The molecule has 23 heavy (non-hydrogen) atoms. The van der Waals surface area contributed by atoms with Gasteiger partial charge in [-0.2, -0.15) is 0 Å². The molecule has 0 saturated heterocycles. The van der Waals surface area contributed by atoms with Crippen LogP contribution in [0.15, 0.2) is 0 Å². The van der Waals surface area contributed by atoms with Crippen LogP contribution in [0.25, 0.3) is 0 Å². The number of carbonyl (C=O) groups is 1. The van der Waals surface area contributed by atoms with Crippen LogP contribution in [0, 0.1) is 6.92 Å². The number of amides is 2. The summed E-state index contributed by atoms with van der Waals surface area (Å²) in [6.45, 7) is 3.26. The van der Waals surface area contributed by atoms with Gasteiger partial charge < -0.3 is 15.1 Å². The van der Waals surface area contributed by atoms with Crippen LogP contribution in [-0.4, -0.2) is 47.6 Å².